The van der Waals surface area contributed by atoms with Gasteiger partial charge in [-0.25, -0.2) is 9.97 Å². The van der Waals surface area contributed by atoms with Crippen LogP contribution in [0.5, 0.6) is 11.5 Å². The van der Waals surface area contributed by atoms with Gasteiger partial charge in [0.15, 0.2) is 5.75 Å². The molecule has 0 aliphatic carbocycles. The number of benzene rings is 1. The fourth-order valence-corrected chi connectivity index (χ4v) is 2.99. The van der Waals surface area contributed by atoms with Crippen LogP contribution >= 0.6 is 11.3 Å². The molecule has 0 amide bonds. The lowest BCUT2D eigenvalue weighted by Gasteiger charge is -2.14. The largest absolute Gasteiger partial charge is 0.505 e. The molecular formula is C16H16N2O2S. The first-order valence-corrected chi connectivity index (χ1v) is 7.60. The molecule has 3 rings (SSSR count). The minimum atomic E-state index is 0.156. The van der Waals surface area contributed by atoms with E-state index in [0.29, 0.717) is 11.4 Å². The van der Waals surface area contributed by atoms with E-state index in [0.717, 1.165) is 21.5 Å². The van der Waals surface area contributed by atoms with Crippen LogP contribution < -0.4 is 4.74 Å². The molecular weight excluding hydrogens is 284 g/mol. The van der Waals surface area contributed by atoms with Gasteiger partial charge in [-0.2, -0.15) is 0 Å². The third-order valence-corrected chi connectivity index (χ3v) is 4.18. The van der Waals surface area contributed by atoms with Crippen molar-refractivity contribution in [3.8, 4) is 22.2 Å². The molecule has 0 radical (unpaired) electrons. The van der Waals surface area contributed by atoms with Gasteiger partial charge in [-0.3, -0.25) is 0 Å². The average Bonchev–Trinajstić information content (AvgIpc) is 3.01. The standard InChI is InChI=1S/C16H16N2O2S/c1-9(2)13-11-5-4-10(20-3)8-12(11)15(19)14(18-13)16-17-6-7-21-16/h4-9,19H,1-3H3. The molecule has 0 fully saturated rings. The molecule has 0 unspecified atom stereocenters. The summed E-state index contributed by atoms with van der Waals surface area (Å²) in [5, 5.41) is 14.9. The summed E-state index contributed by atoms with van der Waals surface area (Å²) in [6.45, 7) is 4.18. The quantitative estimate of drug-likeness (QED) is 0.787. The van der Waals surface area contributed by atoms with E-state index < -0.39 is 0 Å². The molecule has 1 aromatic carbocycles. The Morgan fingerprint density at radius 1 is 1.24 bits per heavy atom. The van der Waals surface area contributed by atoms with E-state index in [9.17, 15) is 5.11 Å². The minimum absolute atomic E-state index is 0.156. The Balaban J connectivity index is 2.37. The predicted molar refractivity (Wildman–Crippen MR) is 85.2 cm³/mol. The highest BCUT2D eigenvalue weighted by Gasteiger charge is 2.18. The minimum Gasteiger partial charge on any atom is -0.505 e. The van der Waals surface area contributed by atoms with E-state index >= 15 is 0 Å². The van der Waals surface area contributed by atoms with Crippen molar-refractivity contribution in [3.63, 3.8) is 0 Å². The monoisotopic (exact) mass is 300 g/mol. The Morgan fingerprint density at radius 2 is 2.05 bits per heavy atom. The molecule has 21 heavy (non-hydrogen) atoms. The van der Waals surface area contributed by atoms with Crippen molar-refractivity contribution in [1.82, 2.24) is 9.97 Å². The van der Waals surface area contributed by atoms with Crippen molar-refractivity contribution < 1.29 is 9.84 Å². The first kappa shape index (κ1) is 13.8. The molecule has 0 spiro atoms. The van der Waals surface area contributed by atoms with Gasteiger partial charge in [-0.1, -0.05) is 13.8 Å². The van der Waals surface area contributed by atoms with Gasteiger partial charge in [-0.05, 0) is 24.1 Å². The number of hydrogen-bond donors (Lipinski definition) is 1. The van der Waals surface area contributed by atoms with Crippen LogP contribution in [0, 0.1) is 0 Å². The summed E-state index contributed by atoms with van der Waals surface area (Å²) in [6.07, 6.45) is 1.71. The number of methoxy groups -OCH3 is 1. The zero-order chi connectivity index (χ0) is 15.0. The topological polar surface area (TPSA) is 55.2 Å². The number of nitrogens with zero attached hydrogens (tertiary/aromatic N) is 2. The van der Waals surface area contributed by atoms with Gasteiger partial charge in [0.05, 0.1) is 12.8 Å². The van der Waals surface area contributed by atoms with Crippen LogP contribution in [-0.2, 0) is 0 Å². The van der Waals surface area contributed by atoms with Crippen molar-refractivity contribution in [2.45, 2.75) is 19.8 Å². The van der Waals surface area contributed by atoms with Crippen molar-refractivity contribution in [3.05, 3.63) is 35.5 Å². The summed E-state index contributed by atoms with van der Waals surface area (Å²) < 4.78 is 5.26. The lowest BCUT2D eigenvalue weighted by Crippen LogP contribution is -1.98. The second kappa shape index (κ2) is 5.33. The Labute approximate surface area is 127 Å². The third kappa shape index (κ3) is 2.34. The molecule has 3 aromatic rings. The van der Waals surface area contributed by atoms with Crippen LogP contribution in [0.4, 0.5) is 0 Å². The number of aromatic nitrogens is 2. The number of hydrogen-bond acceptors (Lipinski definition) is 5. The number of ether oxygens (including phenoxy) is 1. The molecule has 2 heterocycles. The maximum absolute atomic E-state index is 10.6. The zero-order valence-corrected chi connectivity index (χ0v) is 12.9. The van der Waals surface area contributed by atoms with E-state index in [1.165, 1.54) is 11.3 Å². The van der Waals surface area contributed by atoms with Gasteiger partial charge < -0.3 is 9.84 Å². The highest BCUT2D eigenvalue weighted by atomic mass is 32.1. The molecule has 1 N–H and O–H groups in total. The SMILES string of the molecule is COc1ccc2c(C(C)C)nc(-c3nccs3)c(O)c2c1. The van der Waals surface area contributed by atoms with Crippen LogP contribution in [0.2, 0.25) is 0 Å². The number of rotatable bonds is 3. The van der Waals surface area contributed by atoms with Crippen molar-refractivity contribution >= 4 is 22.1 Å². The van der Waals surface area contributed by atoms with E-state index in [1.807, 2.05) is 23.6 Å². The maximum Gasteiger partial charge on any atom is 0.152 e. The number of fused-ring (bicyclic) bond motifs is 1. The lowest BCUT2D eigenvalue weighted by molar-refractivity contribution is 0.415. The molecule has 2 aromatic heterocycles. The van der Waals surface area contributed by atoms with Crippen molar-refractivity contribution in [2.75, 3.05) is 7.11 Å². The number of thiazole rings is 1. The molecule has 0 saturated heterocycles. The fourth-order valence-electron chi connectivity index (χ4n) is 2.36. The second-order valence-corrected chi connectivity index (χ2v) is 5.99. The van der Waals surface area contributed by atoms with Gasteiger partial charge in [-0.15, -0.1) is 11.3 Å². The number of aromatic hydroxyl groups is 1. The second-order valence-electron chi connectivity index (χ2n) is 5.10. The molecule has 4 nitrogen and oxygen atoms in total. The lowest BCUT2D eigenvalue weighted by atomic mass is 10.00. The normalized spacial score (nSPS) is 11.2. The molecule has 0 aliphatic heterocycles. The smallest absolute Gasteiger partial charge is 0.152 e. The Morgan fingerprint density at radius 3 is 2.67 bits per heavy atom. The van der Waals surface area contributed by atoms with Crippen molar-refractivity contribution in [2.24, 2.45) is 0 Å². The van der Waals surface area contributed by atoms with E-state index in [2.05, 4.69) is 23.8 Å². The highest BCUT2D eigenvalue weighted by Crippen LogP contribution is 2.39. The van der Waals surface area contributed by atoms with Crippen LogP contribution in [0.25, 0.3) is 21.5 Å². The zero-order valence-electron chi connectivity index (χ0n) is 12.1. The van der Waals surface area contributed by atoms with Crippen LogP contribution in [0.1, 0.15) is 25.5 Å². The van der Waals surface area contributed by atoms with Gasteiger partial charge in [0.25, 0.3) is 0 Å². The van der Waals surface area contributed by atoms with Crippen molar-refractivity contribution in [1.29, 1.82) is 0 Å². The Kier molecular flexibility index (Phi) is 3.51. The van der Waals surface area contributed by atoms with Gasteiger partial charge in [0.2, 0.25) is 0 Å². The molecule has 0 aliphatic rings. The maximum atomic E-state index is 10.6. The van der Waals surface area contributed by atoms with Crippen LogP contribution in [0.15, 0.2) is 29.8 Å². The molecule has 5 heteroatoms. The summed E-state index contributed by atoms with van der Waals surface area (Å²) in [4.78, 5) is 8.92. The van der Waals surface area contributed by atoms with Crippen LogP contribution in [0.3, 0.4) is 0 Å². The summed E-state index contributed by atoms with van der Waals surface area (Å²) in [5.74, 6) is 1.12. The molecule has 0 atom stereocenters. The first-order chi connectivity index (χ1) is 10.1. The summed E-state index contributed by atoms with van der Waals surface area (Å²) in [6, 6.07) is 5.68. The summed E-state index contributed by atoms with van der Waals surface area (Å²) >= 11 is 1.46. The molecule has 108 valence electrons. The average molecular weight is 300 g/mol. The van der Waals surface area contributed by atoms with E-state index in [4.69, 9.17) is 4.74 Å². The fraction of sp³-hybridized carbons (Fsp3) is 0.250. The molecule has 0 saturated carbocycles. The third-order valence-electron chi connectivity index (χ3n) is 3.40. The van der Waals surface area contributed by atoms with E-state index in [1.54, 1.807) is 13.3 Å². The van der Waals surface area contributed by atoms with Gasteiger partial charge >= 0.3 is 0 Å². The highest BCUT2D eigenvalue weighted by molar-refractivity contribution is 7.13. The Bertz CT molecular complexity index is 783. The first-order valence-electron chi connectivity index (χ1n) is 6.72. The van der Waals surface area contributed by atoms with Crippen LogP contribution in [-0.4, -0.2) is 22.2 Å². The van der Waals surface area contributed by atoms with Gasteiger partial charge in [0.1, 0.15) is 16.5 Å². The predicted octanol–water partition coefficient (Wildman–Crippen LogP) is 4.20. The molecule has 0 bridgehead atoms. The van der Waals surface area contributed by atoms with Gasteiger partial charge in [0, 0.05) is 22.3 Å². The number of pyridine rings is 1. The van der Waals surface area contributed by atoms with E-state index in [-0.39, 0.29) is 11.7 Å². The summed E-state index contributed by atoms with van der Waals surface area (Å²) in [7, 11) is 1.62. The summed E-state index contributed by atoms with van der Waals surface area (Å²) in [5.41, 5.74) is 1.49. The Hall–Kier alpha value is -2.14.